The van der Waals surface area contributed by atoms with Gasteiger partial charge in [0.25, 0.3) is 0 Å². The zero-order valence-corrected chi connectivity index (χ0v) is 9.78. The normalized spacial score (nSPS) is 16.0. The summed E-state index contributed by atoms with van der Waals surface area (Å²) < 4.78 is 1.15. The minimum absolute atomic E-state index is 0.185. The Morgan fingerprint density at radius 3 is 2.75 bits per heavy atom. The maximum Gasteiger partial charge on any atom is 0.0427 e. The van der Waals surface area contributed by atoms with Crippen LogP contribution in [0.2, 0.25) is 0 Å². The first-order valence-electron chi connectivity index (χ1n) is 4.15. The number of hydrogen-bond donors (Lipinski definition) is 1. The first-order valence-corrected chi connectivity index (χ1v) is 5.82. The fourth-order valence-electron chi connectivity index (χ4n) is 1.06. The highest BCUT2D eigenvalue weighted by Gasteiger charge is 2.16. The van der Waals surface area contributed by atoms with Crippen molar-refractivity contribution in [3.05, 3.63) is 20.8 Å². The molecule has 1 rings (SSSR count). The van der Waals surface area contributed by atoms with E-state index in [1.54, 1.807) is 11.3 Å². The molecule has 1 aromatic rings. The summed E-state index contributed by atoms with van der Waals surface area (Å²) in [5.74, 6) is 0.556. The second-order valence-electron chi connectivity index (χ2n) is 3.04. The van der Waals surface area contributed by atoms with Crippen molar-refractivity contribution in [2.24, 2.45) is 11.7 Å². The fourth-order valence-corrected chi connectivity index (χ4v) is 2.83. The Labute approximate surface area is 86.1 Å². The second kappa shape index (κ2) is 4.40. The van der Waals surface area contributed by atoms with Gasteiger partial charge in [-0.3, -0.25) is 0 Å². The summed E-state index contributed by atoms with van der Waals surface area (Å²) in [5.41, 5.74) is 6.07. The van der Waals surface area contributed by atoms with E-state index >= 15 is 0 Å². The predicted molar refractivity (Wildman–Crippen MR) is 58.4 cm³/mol. The second-order valence-corrected chi connectivity index (χ2v) is 4.85. The van der Waals surface area contributed by atoms with Gasteiger partial charge in [0.1, 0.15) is 0 Å². The van der Waals surface area contributed by atoms with Crippen LogP contribution in [0.4, 0.5) is 0 Å². The van der Waals surface area contributed by atoms with E-state index in [2.05, 4.69) is 41.2 Å². The molecule has 12 heavy (non-hydrogen) atoms. The quantitative estimate of drug-likeness (QED) is 0.869. The van der Waals surface area contributed by atoms with Crippen LogP contribution in [0.3, 0.4) is 0 Å². The van der Waals surface area contributed by atoms with Crippen LogP contribution in [0.1, 0.15) is 31.2 Å². The van der Waals surface area contributed by atoms with Gasteiger partial charge in [0.15, 0.2) is 0 Å². The Morgan fingerprint density at radius 2 is 2.33 bits per heavy atom. The summed E-state index contributed by atoms with van der Waals surface area (Å²) in [6.45, 7) is 4.36. The van der Waals surface area contributed by atoms with Crippen LogP contribution in [0, 0.1) is 5.92 Å². The number of nitrogens with two attached hydrogens (primary N) is 1. The molecule has 0 aliphatic rings. The maximum absolute atomic E-state index is 6.07. The molecule has 0 radical (unpaired) electrons. The summed E-state index contributed by atoms with van der Waals surface area (Å²) in [6, 6.07) is 2.24. The highest BCUT2D eigenvalue weighted by atomic mass is 79.9. The van der Waals surface area contributed by atoms with Crippen molar-refractivity contribution < 1.29 is 0 Å². The van der Waals surface area contributed by atoms with Crippen LogP contribution < -0.4 is 5.73 Å². The van der Waals surface area contributed by atoms with E-state index in [1.807, 2.05) is 0 Å². The Hall–Kier alpha value is 0.140. The summed E-state index contributed by atoms with van der Waals surface area (Å²) in [7, 11) is 0. The number of rotatable bonds is 3. The van der Waals surface area contributed by atoms with Gasteiger partial charge in [-0.15, -0.1) is 11.3 Å². The Balaban J connectivity index is 2.77. The highest BCUT2D eigenvalue weighted by molar-refractivity contribution is 9.10. The molecule has 0 amide bonds. The van der Waals surface area contributed by atoms with Gasteiger partial charge in [0.05, 0.1) is 0 Å². The van der Waals surface area contributed by atoms with Gasteiger partial charge in [0.2, 0.25) is 0 Å². The smallest absolute Gasteiger partial charge is 0.0427 e. The van der Waals surface area contributed by atoms with E-state index < -0.39 is 0 Å². The van der Waals surface area contributed by atoms with Crippen molar-refractivity contribution in [3.63, 3.8) is 0 Å². The summed E-state index contributed by atoms with van der Waals surface area (Å²) >= 11 is 5.22. The molecule has 2 N–H and O–H groups in total. The molecule has 68 valence electrons. The molecule has 0 spiro atoms. The van der Waals surface area contributed by atoms with Crippen molar-refractivity contribution in [2.75, 3.05) is 0 Å². The molecule has 2 atom stereocenters. The van der Waals surface area contributed by atoms with E-state index in [1.165, 1.54) is 4.88 Å². The van der Waals surface area contributed by atoms with Crippen LogP contribution in [-0.4, -0.2) is 0 Å². The van der Waals surface area contributed by atoms with E-state index in [0.29, 0.717) is 5.92 Å². The van der Waals surface area contributed by atoms with Crippen molar-refractivity contribution in [1.82, 2.24) is 0 Å². The molecule has 0 aliphatic carbocycles. The molecular formula is C9H14BrNS. The van der Waals surface area contributed by atoms with E-state index in [0.717, 1.165) is 10.9 Å². The average molecular weight is 248 g/mol. The monoisotopic (exact) mass is 247 g/mol. The molecule has 1 unspecified atom stereocenters. The lowest BCUT2D eigenvalue weighted by Crippen LogP contribution is -2.17. The van der Waals surface area contributed by atoms with Crippen LogP contribution in [-0.2, 0) is 0 Å². The fraction of sp³-hybridized carbons (Fsp3) is 0.556. The van der Waals surface area contributed by atoms with E-state index in [4.69, 9.17) is 5.73 Å². The van der Waals surface area contributed by atoms with Crippen LogP contribution in [0.25, 0.3) is 0 Å². The third-order valence-electron chi connectivity index (χ3n) is 2.20. The van der Waals surface area contributed by atoms with Gasteiger partial charge in [-0.25, -0.2) is 0 Å². The lowest BCUT2D eigenvalue weighted by atomic mass is 9.99. The molecule has 0 saturated carbocycles. The Bertz CT molecular complexity index is 246. The first kappa shape index (κ1) is 10.2. The average Bonchev–Trinajstić information content (AvgIpc) is 2.48. The van der Waals surface area contributed by atoms with Gasteiger partial charge in [-0.05, 0) is 33.3 Å². The molecule has 3 heteroatoms. The highest BCUT2D eigenvalue weighted by Crippen LogP contribution is 2.32. The summed E-state index contributed by atoms with van der Waals surface area (Å²) in [4.78, 5) is 1.27. The topological polar surface area (TPSA) is 26.0 Å². The van der Waals surface area contributed by atoms with Crippen LogP contribution in [0.15, 0.2) is 15.9 Å². The van der Waals surface area contributed by atoms with Gasteiger partial charge in [-0.2, -0.15) is 0 Å². The molecule has 1 heterocycles. The largest absolute Gasteiger partial charge is 0.323 e. The zero-order valence-electron chi connectivity index (χ0n) is 7.38. The predicted octanol–water partition coefficient (Wildman–Crippen LogP) is 3.56. The maximum atomic E-state index is 6.07. The molecule has 0 aliphatic heterocycles. The number of hydrogen-bond acceptors (Lipinski definition) is 2. The number of thiophene rings is 1. The van der Waals surface area contributed by atoms with Crippen LogP contribution >= 0.6 is 27.3 Å². The summed E-state index contributed by atoms with van der Waals surface area (Å²) in [6.07, 6.45) is 1.13. The van der Waals surface area contributed by atoms with Crippen molar-refractivity contribution >= 4 is 27.3 Å². The van der Waals surface area contributed by atoms with Crippen molar-refractivity contribution in [3.8, 4) is 0 Å². The molecule has 1 aromatic heterocycles. The molecule has 0 bridgehead atoms. The number of halogens is 1. The van der Waals surface area contributed by atoms with Gasteiger partial charge in [0, 0.05) is 15.4 Å². The standard InChI is InChI=1S/C9H14BrNS/c1-3-6(2)8(11)9-7(10)4-5-12-9/h4-6,8H,3,11H2,1-2H3/t6?,8-/m1/s1. The Morgan fingerprint density at radius 1 is 1.67 bits per heavy atom. The lowest BCUT2D eigenvalue weighted by molar-refractivity contribution is 0.461. The molecule has 0 fully saturated rings. The minimum Gasteiger partial charge on any atom is -0.323 e. The van der Waals surface area contributed by atoms with Crippen LogP contribution in [0.5, 0.6) is 0 Å². The third kappa shape index (κ3) is 2.09. The minimum atomic E-state index is 0.185. The van der Waals surface area contributed by atoms with E-state index in [9.17, 15) is 0 Å². The molecule has 0 aromatic carbocycles. The van der Waals surface area contributed by atoms with Gasteiger partial charge >= 0.3 is 0 Å². The lowest BCUT2D eigenvalue weighted by Gasteiger charge is -2.17. The van der Waals surface area contributed by atoms with E-state index in [-0.39, 0.29) is 6.04 Å². The first-order chi connectivity index (χ1) is 5.66. The van der Waals surface area contributed by atoms with Gasteiger partial charge in [-0.1, -0.05) is 20.3 Å². The van der Waals surface area contributed by atoms with Gasteiger partial charge < -0.3 is 5.73 Å². The zero-order chi connectivity index (χ0) is 9.14. The van der Waals surface area contributed by atoms with Crippen molar-refractivity contribution in [2.45, 2.75) is 26.3 Å². The molecule has 1 nitrogen and oxygen atoms in total. The Kier molecular flexibility index (Phi) is 3.75. The summed E-state index contributed by atoms with van der Waals surface area (Å²) in [5, 5.41) is 2.07. The molecular weight excluding hydrogens is 234 g/mol. The SMILES string of the molecule is CCC(C)[C@@H](N)c1sccc1Br. The molecule has 0 saturated heterocycles. The van der Waals surface area contributed by atoms with Crippen molar-refractivity contribution in [1.29, 1.82) is 0 Å². The third-order valence-corrected chi connectivity index (χ3v) is 4.18.